The second kappa shape index (κ2) is 21.1. The molecule has 1 aliphatic rings. The summed E-state index contributed by atoms with van der Waals surface area (Å²) in [7, 11) is 7.05. The summed E-state index contributed by atoms with van der Waals surface area (Å²) in [5, 5.41) is 15.8. The molecule has 0 bridgehead atoms. The fourth-order valence-corrected chi connectivity index (χ4v) is 7.03. The summed E-state index contributed by atoms with van der Waals surface area (Å²) in [5.74, 6) is -1.34. The number of para-hydroxylation sites is 5. The Hall–Kier alpha value is -8.79. The number of carbonyl (C=O) groups is 5. The monoisotopic (exact) mass is 893 g/mol. The summed E-state index contributed by atoms with van der Waals surface area (Å²) in [6, 6.07) is 37.4. The molecule has 5 heterocycles. The molecule has 1 amide bonds. The van der Waals surface area contributed by atoms with Gasteiger partial charge in [0.2, 0.25) is 5.88 Å². The average molecular weight is 894 g/mol. The van der Waals surface area contributed by atoms with Gasteiger partial charge < -0.3 is 54.0 Å². The van der Waals surface area contributed by atoms with E-state index in [0.717, 1.165) is 16.7 Å². The summed E-state index contributed by atoms with van der Waals surface area (Å²) < 4.78 is 24.2. The molecule has 66 heavy (non-hydrogen) atoms. The molecule has 0 fully saturated rings. The van der Waals surface area contributed by atoms with Gasteiger partial charge in [0.25, 0.3) is 11.7 Å². The average Bonchev–Trinajstić information content (AvgIpc) is 4.16. The summed E-state index contributed by atoms with van der Waals surface area (Å²) >= 11 is 0. The van der Waals surface area contributed by atoms with Crippen LogP contribution in [0.2, 0.25) is 0 Å². The van der Waals surface area contributed by atoms with Crippen molar-refractivity contribution in [1.29, 1.82) is 0 Å². The lowest BCUT2D eigenvalue weighted by molar-refractivity contribution is -0.112. The van der Waals surface area contributed by atoms with E-state index in [1.807, 2.05) is 30.3 Å². The maximum absolute atomic E-state index is 11.7. The Balaban J connectivity index is 0.000000138. The van der Waals surface area contributed by atoms with E-state index in [0.29, 0.717) is 38.9 Å². The molecule has 1 aliphatic heterocycles. The largest absolute Gasteiger partial charge is 0.505 e. The highest BCUT2D eigenvalue weighted by atomic mass is 16.5. The van der Waals surface area contributed by atoms with Crippen molar-refractivity contribution in [2.24, 2.45) is 0 Å². The Labute approximate surface area is 377 Å². The van der Waals surface area contributed by atoms with Crippen molar-refractivity contribution in [3.8, 4) is 17.4 Å². The highest BCUT2D eigenvalue weighted by Crippen LogP contribution is 2.35. The van der Waals surface area contributed by atoms with Gasteiger partial charge in [-0.1, -0.05) is 72.8 Å². The molecule has 0 atom stereocenters. The molecule has 0 unspecified atom stereocenters. The van der Waals surface area contributed by atoms with E-state index in [2.05, 4.69) is 77.6 Å². The number of ether oxygens (including phenoxy) is 5. The zero-order chi connectivity index (χ0) is 47.5. The SMILES string of the molecule is COC(=O)c1[nH]c2ccccc2c1C(=O)OC.COC(=O)c1[nH]c2ccccc2c1O.COc1[nH]c2ccccc2c1OC.Cc1[nH]c2ccccc2c1C.O=C1Nc2ccccc2C1=O. The van der Waals surface area contributed by atoms with E-state index in [1.165, 1.54) is 43.5 Å². The summed E-state index contributed by atoms with van der Waals surface area (Å²) in [6.45, 7) is 4.25. The molecular weight excluding hydrogens is 847 g/mol. The first kappa shape index (κ1) is 46.7. The number of benzene rings is 5. The van der Waals surface area contributed by atoms with Gasteiger partial charge in [-0.3, -0.25) is 9.59 Å². The number of methoxy groups -OCH3 is 5. The first-order valence-corrected chi connectivity index (χ1v) is 20.2. The third-order valence-corrected chi connectivity index (χ3v) is 10.4. The number of rotatable bonds is 5. The Kier molecular flexibility index (Phi) is 14.9. The normalized spacial score (nSPS) is 11.1. The molecule has 16 nitrogen and oxygen atoms in total. The first-order chi connectivity index (χ1) is 31.9. The number of aromatic amines is 4. The van der Waals surface area contributed by atoms with Crippen molar-refractivity contribution < 1.29 is 52.8 Å². The van der Waals surface area contributed by atoms with E-state index < -0.39 is 29.6 Å². The lowest BCUT2D eigenvalue weighted by Crippen LogP contribution is -2.12. The molecule has 4 aromatic heterocycles. The summed E-state index contributed by atoms with van der Waals surface area (Å²) in [4.78, 5) is 68.3. The minimum Gasteiger partial charge on any atom is -0.505 e. The molecule has 0 saturated carbocycles. The predicted molar refractivity (Wildman–Crippen MR) is 251 cm³/mol. The van der Waals surface area contributed by atoms with E-state index in [1.54, 1.807) is 80.9 Å². The molecule has 9 aromatic rings. The van der Waals surface area contributed by atoms with Crippen LogP contribution in [0.25, 0.3) is 43.6 Å². The lowest BCUT2D eigenvalue weighted by atomic mass is 10.1. The number of aromatic hydroxyl groups is 1. The molecule has 16 heteroatoms. The van der Waals surface area contributed by atoms with Crippen molar-refractivity contribution in [3.63, 3.8) is 0 Å². The lowest BCUT2D eigenvalue weighted by Gasteiger charge is -2.00. The Morgan fingerprint density at radius 3 is 1.52 bits per heavy atom. The van der Waals surface area contributed by atoms with Gasteiger partial charge >= 0.3 is 17.9 Å². The third kappa shape index (κ3) is 9.87. The summed E-state index contributed by atoms with van der Waals surface area (Å²) in [6.07, 6.45) is 0. The first-order valence-electron chi connectivity index (χ1n) is 20.2. The van der Waals surface area contributed by atoms with E-state index >= 15 is 0 Å². The Bertz CT molecular complexity index is 3210. The van der Waals surface area contributed by atoms with E-state index in [9.17, 15) is 29.1 Å². The Morgan fingerprint density at radius 2 is 0.970 bits per heavy atom. The minimum atomic E-state index is -0.596. The van der Waals surface area contributed by atoms with Crippen LogP contribution in [0.5, 0.6) is 17.4 Å². The van der Waals surface area contributed by atoms with Gasteiger partial charge in [-0.2, -0.15) is 0 Å². The maximum Gasteiger partial charge on any atom is 0.358 e. The molecule has 5 aromatic carbocycles. The number of aromatic nitrogens is 4. The van der Waals surface area contributed by atoms with Gasteiger partial charge in [0.05, 0.1) is 57.9 Å². The number of hydrogen-bond donors (Lipinski definition) is 6. The van der Waals surface area contributed by atoms with Crippen LogP contribution in [0.15, 0.2) is 121 Å². The van der Waals surface area contributed by atoms with Crippen molar-refractivity contribution in [2.75, 3.05) is 40.9 Å². The number of ketones is 1. The number of H-pyrrole nitrogens is 4. The molecule has 338 valence electrons. The number of anilines is 1. The molecule has 0 saturated heterocycles. The van der Waals surface area contributed by atoms with Gasteiger partial charge in [0.1, 0.15) is 5.69 Å². The quantitative estimate of drug-likeness (QED) is 0.0542. The van der Waals surface area contributed by atoms with E-state index in [-0.39, 0.29) is 22.7 Å². The van der Waals surface area contributed by atoms with E-state index in [4.69, 9.17) is 9.47 Å². The second-order valence-corrected chi connectivity index (χ2v) is 14.3. The minimum absolute atomic E-state index is 0.0625. The van der Waals surface area contributed by atoms with Crippen molar-refractivity contribution in [1.82, 2.24) is 19.9 Å². The van der Waals surface area contributed by atoms with Crippen LogP contribution in [0.4, 0.5) is 5.69 Å². The van der Waals surface area contributed by atoms with Crippen LogP contribution < -0.4 is 14.8 Å². The molecule has 0 aliphatic carbocycles. The fourth-order valence-electron chi connectivity index (χ4n) is 7.03. The number of esters is 3. The second-order valence-electron chi connectivity index (χ2n) is 14.3. The molecule has 0 radical (unpaired) electrons. The number of Topliss-reactive ketones (excluding diaryl/α,β-unsaturated/α-hetero) is 1. The van der Waals surface area contributed by atoms with Crippen LogP contribution in [0.3, 0.4) is 0 Å². The van der Waals surface area contributed by atoms with Crippen molar-refractivity contribution >= 4 is 78.9 Å². The van der Waals surface area contributed by atoms with Gasteiger partial charge in [0.15, 0.2) is 17.2 Å². The molecule has 10 rings (SSSR count). The highest BCUT2D eigenvalue weighted by molar-refractivity contribution is 6.51. The number of amides is 1. The molecule has 6 N–H and O–H groups in total. The van der Waals surface area contributed by atoms with Gasteiger partial charge in [0, 0.05) is 43.8 Å². The van der Waals surface area contributed by atoms with Gasteiger partial charge in [-0.15, -0.1) is 0 Å². The molecule has 0 spiro atoms. The number of nitrogens with one attached hydrogen (secondary N) is 5. The van der Waals surface area contributed by atoms with Crippen LogP contribution in [-0.2, 0) is 19.0 Å². The third-order valence-electron chi connectivity index (χ3n) is 10.4. The predicted octanol–water partition coefficient (Wildman–Crippen LogP) is 9.19. The van der Waals surface area contributed by atoms with Crippen molar-refractivity contribution in [3.05, 3.63) is 155 Å². The number of aryl methyl sites for hydroxylation is 2. The number of carbonyl (C=O) groups excluding carboxylic acids is 5. The van der Waals surface area contributed by atoms with Crippen LogP contribution in [-0.4, -0.2) is 90.2 Å². The Morgan fingerprint density at radius 1 is 0.500 bits per heavy atom. The standard InChI is InChI=1S/C12H11NO4.C10H9NO3.C10H11NO2.C10H11N.C8H5NO2/c1-16-11(14)9-7-5-3-4-6-8(7)13-10(9)12(15)17-2;1-14-10(13)8-9(12)6-4-2-3-5-7(6)11-8;1-12-9-7-5-3-4-6-8(7)11-10(9)13-2;1-7-8(2)11-10-6-4-3-5-9(7)10;10-7-5-3-1-2-4-6(5)9-8(7)11/h3-6,13H,1-2H3;2-5,11-12H,1H3;3-6,11H,1-2H3;3-6,11H,1-2H3;1-4H,(H,9,10,11). The van der Waals surface area contributed by atoms with Gasteiger partial charge in [-0.05, 0) is 67.9 Å². The zero-order valence-electron chi connectivity index (χ0n) is 37.1. The number of hydrogen-bond acceptors (Lipinski definition) is 11. The summed E-state index contributed by atoms with van der Waals surface area (Å²) in [5.41, 5.74) is 7.79. The number of fused-ring (bicyclic) bond motifs is 5. The highest BCUT2D eigenvalue weighted by Gasteiger charge is 2.27. The maximum atomic E-state index is 11.7. The van der Waals surface area contributed by atoms with Crippen LogP contribution >= 0.6 is 0 Å². The topological polar surface area (TPSA) is 227 Å². The van der Waals surface area contributed by atoms with Crippen LogP contribution in [0.1, 0.15) is 53.0 Å². The fraction of sp³-hybridized carbons (Fsp3) is 0.140. The van der Waals surface area contributed by atoms with Crippen LogP contribution in [0, 0.1) is 13.8 Å². The van der Waals surface area contributed by atoms with Gasteiger partial charge in [-0.25, -0.2) is 14.4 Å². The smallest absolute Gasteiger partial charge is 0.358 e. The molecular formula is C50H47N5O11. The van der Waals surface area contributed by atoms with Crippen molar-refractivity contribution in [2.45, 2.75) is 13.8 Å². The zero-order valence-corrected chi connectivity index (χ0v) is 37.1.